The SMILES string of the molecule is CCN(CC)CCCNC(=O)C(=O)Nc1cc(C)ccc1N. The molecule has 6 heteroatoms. The zero-order valence-electron chi connectivity index (χ0n) is 13.6. The molecule has 0 heterocycles. The molecule has 4 N–H and O–H groups in total. The number of nitrogens with two attached hydrogens (primary N) is 1. The highest BCUT2D eigenvalue weighted by atomic mass is 16.2. The van der Waals surface area contributed by atoms with Gasteiger partial charge in [-0.1, -0.05) is 19.9 Å². The average molecular weight is 306 g/mol. The summed E-state index contributed by atoms with van der Waals surface area (Å²) in [6.07, 6.45) is 0.813. The summed E-state index contributed by atoms with van der Waals surface area (Å²) in [6.45, 7) is 9.44. The lowest BCUT2D eigenvalue weighted by Gasteiger charge is -2.17. The van der Waals surface area contributed by atoms with Gasteiger partial charge in [-0.2, -0.15) is 0 Å². The molecular weight excluding hydrogens is 280 g/mol. The summed E-state index contributed by atoms with van der Waals surface area (Å²) in [5.41, 5.74) is 7.63. The molecule has 0 spiro atoms. The summed E-state index contributed by atoms with van der Waals surface area (Å²) in [6, 6.07) is 5.28. The minimum absolute atomic E-state index is 0.438. The standard InChI is InChI=1S/C16H26N4O2/c1-4-20(5-2)10-6-9-18-15(21)16(22)19-14-11-12(3)7-8-13(14)17/h7-8,11H,4-6,9-10,17H2,1-3H3,(H,18,21)(H,19,22). The predicted octanol–water partition coefficient (Wildman–Crippen LogP) is 1.36. The maximum Gasteiger partial charge on any atom is 0.313 e. The largest absolute Gasteiger partial charge is 0.397 e. The molecular formula is C16H26N4O2. The van der Waals surface area contributed by atoms with Gasteiger partial charge in [0.1, 0.15) is 0 Å². The monoisotopic (exact) mass is 306 g/mol. The number of benzene rings is 1. The molecule has 22 heavy (non-hydrogen) atoms. The molecule has 2 amide bonds. The van der Waals surface area contributed by atoms with Gasteiger partial charge in [0.15, 0.2) is 0 Å². The Morgan fingerprint density at radius 3 is 2.50 bits per heavy atom. The van der Waals surface area contributed by atoms with Crippen molar-refractivity contribution in [2.45, 2.75) is 27.2 Å². The van der Waals surface area contributed by atoms with Crippen LogP contribution >= 0.6 is 0 Å². The first-order valence-electron chi connectivity index (χ1n) is 7.65. The summed E-state index contributed by atoms with van der Waals surface area (Å²) in [5, 5.41) is 5.16. The summed E-state index contributed by atoms with van der Waals surface area (Å²) in [7, 11) is 0. The molecule has 1 rings (SSSR count). The number of amides is 2. The van der Waals surface area contributed by atoms with Crippen molar-refractivity contribution < 1.29 is 9.59 Å². The third kappa shape index (κ3) is 5.73. The fourth-order valence-electron chi connectivity index (χ4n) is 2.08. The van der Waals surface area contributed by atoms with Crippen LogP contribution in [0, 0.1) is 6.92 Å². The number of nitrogens with one attached hydrogen (secondary N) is 2. The van der Waals surface area contributed by atoms with Crippen LogP contribution in [0.1, 0.15) is 25.8 Å². The zero-order chi connectivity index (χ0) is 16.5. The topological polar surface area (TPSA) is 87.5 Å². The number of anilines is 2. The van der Waals surface area contributed by atoms with Gasteiger partial charge in [0.2, 0.25) is 0 Å². The van der Waals surface area contributed by atoms with Gasteiger partial charge in [-0.05, 0) is 50.7 Å². The molecule has 6 nitrogen and oxygen atoms in total. The van der Waals surface area contributed by atoms with Crippen LogP contribution < -0.4 is 16.4 Å². The number of aryl methyl sites for hydroxylation is 1. The number of nitrogens with zero attached hydrogens (tertiary/aromatic N) is 1. The molecule has 0 radical (unpaired) electrons. The number of carbonyl (C=O) groups is 2. The van der Waals surface area contributed by atoms with E-state index in [-0.39, 0.29) is 0 Å². The van der Waals surface area contributed by atoms with Crippen molar-refractivity contribution in [2.24, 2.45) is 0 Å². The Balaban J connectivity index is 2.39. The average Bonchev–Trinajstić information content (AvgIpc) is 2.50. The van der Waals surface area contributed by atoms with E-state index in [0.717, 1.165) is 31.6 Å². The Kier molecular flexibility index (Phi) is 7.39. The van der Waals surface area contributed by atoms with Crippen LogP contribution in [0.2, 0.25) is 0 Å². The van der Waals surface area contributed by atoms with E-state index in [4.69, 9.17) is 5.73 Å². The van der Waals surface area contributed by atoms with Gasteiger partial charge in [-0.3, -0.25) is 9.59 Å². The smallest absolute Gasteiger partial charge is 0.313 e. The van der Waals surface area contributed by atoms with Crippen molar-refractivity contribution in [1.82, 2.24) is 10.2 Å². The van der Waals surface area contributed by atoms with Gasteiger partial charge >= 0.3 is 11.8 Å². The Morgan fingerprint density at radius 2 is 1.86 bits per heavy atom. The first-order valence-corrected chi connectivity index (χ1v) is 7.65. The Morgan fingerprint density at radius 1 is 1.18 bits per heavy atom. The third-order valence-corrected chi connectivity index (χ3v) is 3.49. The zero-order valence-corrected chi connectivity index (χ0v) is 13.6. The third-order valence-electron chi connectivity index (χ3n) is 3.49. The fourth-order valence-corrected chi connectivity index (χ4v) is 2.08. The molecule has 0 saturated heterocycles. The minimum Gasteiger partial charge on any atom is -0.397 e. The second-order valence-corrected chi connectivity index (χ2v) is 5.18. The van der Waals surface area contributed by atoms with Crippen LogP contribution in [0.25, 0.3) is 0 Å². The van der Waals surface area contributed by atoms with Crippen molar-refractivity contribution >= 4 is 23.2 Å². The summed E-state index contributed by atoms with van der Waals surface area (Å²) in [4.78, 5) is 25.8. The van der Waals surface area contributed by atoms with E-state index in [1.54, 1.807) is 12.1 Å². The number of rotatable bonds is 7. The molecule has 0 saturated carbocycles. The van der Waals surface area contributed by atoms with Gasteiger partial charge in [-0.15, -0.1) is 0 Å². The Labute approximate surface area is 132 Å². The van der Waals surface area contributed by atoms with Gasteiger partial charge in [0, 0.05) is 6.54 Å². The molecule has 122 valence electrons. The van der Waals surface area contributed by atoms with Crippen molar-refractivity contribution in [3.05, 3.63) is 23.8 Å². The summed E-state index contributed by atoms with van der Waals surface area (Å²) in [5.74, 6) is -1.33. The minimum atomic E-state index is -0.694. The van der Waals surface area contributed by atoms with E-state index >= 15 is 0 Å². The number of nitrogen functional groups attached to an aromatic ring is 1. The van der Waals surface area contributed by atoms with Crippen molar-refractivity contribution in [2.75, 3.05) is 37.2 Å². The molecule has 1 aromatic carbocycles. The Hall–Kier alpha value is -2.08. The molecule has 0 aliphatic rings. The van der Waals surface area contributed by atoms with Gasteiger partial charge in [-0.25, -0.2) is 0 Å². The first kappa shape index (κ1) is 18.0. The van der Waals surface area contributed by atoms with Gasteiger partial charge in [0.25, 0.3) is 0 Å². The van der Waals surface area contributed by atoms with E-state index in [9.17, 15) is 9.59 Å². The predicted molar refractivity (Wildman–Crippen MR) is 89.6 cm³/mol. The lowest BCUT2D eigenvalue weighted by atomic mass is 10.2. The summed E-state index contributed by atoms with van der Waals surface area (Å²) < 4.78 is 0. The maximum atomic E-state index is 11.8. The van der Waals surface area contributed by atoms with Gasteiger partial charge < -0.3 is 21.3 Å². The second-order valence-electron chi connectivity index (χ2n) is 5.18. The number of hydrogen-bond acceptors (Lipinski definition) is 4. The highest BCUT2D eigenvalue weighted by Gasteiger charge is 2.14. The van der Waals surface area contributed by atoms with E-state index in [1.165, 1.54) is 0 Å². The second kappa shape index (κ2) is 9.04. The van der Waals surface area contributed by atoms with E-state index < -0.39 is 11.8 Å². The quantitative estimate of drug-likeness (QED) is 0.403. The Bertz CT molecular complexity index is 513. The highest BCUT2D eigenvalue weighted by Crippen LogP contribution is 2.19. The van der Waals surface area contributed by atoms with Crippen molar-refractivity contribution in [3.63, 3.8) is 0 Å². The molecule has 0 bridgehead atoms. The molecule has 0 atom stereocenters. The van der Waals surface area contributed by atoms with Crippen molar-refractivity contribution in [3.8, 4) is 0 Å². The fraction of sp³-hybridized carbons (Fsp3) is 0.500. The van der Waals surface area contributed by atoms with Gasteiger partial charge in [0.05, 0.1) is 11.4 Å². The molecule has 0 aliphatic carbocycles. The van der Waals surface area contributed by atoms with Crippen molar-refractivity contribution in [1.29, 1.82) is 0 Å². The molecule has 0 aliphatic heterocycles. The van der Waals surface area contributed by atoms with E-state index in [0.29, 0.717) is 17.9 Å². The number of carbonyl (C=O) groups excluding carboxylic acids is 2. The van der Waals surface area contributed by atoms with Crippen LogP contribution in [-0.2, 0) is 9.59 Å². The number of hydrogen-bond donors (Lipinski definition) is 3. The van der Waals surface area contributed by atoms with Crippen LogP contribution in [0.3, 0.4) is 0 Å². The summed E-state index contributed by atoms with van der Waals surface area (Å²) >= 11 is 0. The van der Waals surface area contributed by atoms with E-state index in [2.05, 4.69) is 29.4 Å². The van der Waals surface area contributed by atoms with Crippen LogP contribution in [0.5, 0.6) is 0 Å². The van der Waals surface area contributed by atoms with Crippen LogP contribution in [-0.4, -0.2) is 42.9 Å². The van der Waals surface area contributed by atoms with Crippen LogP contribution in [0.4, 0.5) is 11.4 Å². The van der Waals surface area contributed by atoms with Crippen LogP contribution in [0.15, 0.2) is 18.2 Å². The molecule has 1 aromatic rings. The highest BCUT2D eigenvalue weighted by molar-refractivity contribution is 6.39. The normalized spacial score (nSPS) is 10.5. The lowest BCUT2D eigenvalue weighted by molar-refractivity contribution is -0.136. The molecule has 0 fully saturated rings. The van der Waals surface area contributed by atoms with E-state index in [1.807, 2.05) is 13.0 Å². The first-order chi connectivity index (χ1) is 10.5. The maximum absolute atomic E-state index is 11.8. The molecule has 0 unspecified atom stereocenters. The lowest BCUT2D eigenvalue weighted by Crippen LogP contribution is -2.37. The molecule has 0 aromatic heterocycles.